The highest BCUT2D eigenvalue weighted by Crippen LogP contribution is 2.35. The third-order valence-corrected chi connectivity index (χ3v) is 2.55. The fourth-order valence-electron chi connectivity index (χ4n) is 1.55. The molecule has 8 heteroatoms. The Morgan fingerprint density at radius 3 is 2.35 bits per heavy atom. The lowest BCUT2D eigenvalue weighted by atomic mass is 10.1. The summed E-state index contributed by atoms with van der Waals surface area (Å²) in [6, 6.07) is 1.98. The van der Waals surface area contributed by atoms with Crippen molar-refractivity contribution in [2.75, 3.05) is 6.54 Å². The van der Waals surface area contributed by atoms with E-state index in [1.54, 1.807) is 6.92 Å². The lowest BCUT2D eigenvalue weighted by Crippen LogP contribution is -2.28. The first-order chi connectivity index (χ1) is 9.31. The topological polar surface area (TPSA) is 154 Å². The third kappa shape index (κ3) is 4.23. The molecule has 110 valence electrons. The van der Waals surface area contributed by atoms with Crippen LogP contribution in [-0.4, -0.2) is 39.8 Å². The van der Waals surface area contributed by atoms with Crippen LogP contribution in [0.3, 0.4) is 0 Å². The molecule has 0 bridgehead atoms. The summed E-state index contributed by atoms with van der Waals surface area (Å²) in [7, 11) is 0. The highest BCUT2D eigenvalue weighted by Gasteiger charge is 2.13. The summed E-state index contributed by atoms with van der Waals surface area (Å²) in [4.78, 5) is 15.7. The van der Waals surface area contributed by atoms with Crippen LogP contribution in [0.5, 0.6) is 17.2 Å². The van der Waals surface area contributed by atoms with E-state index in [-0.39, 0.29) is 17.6 Å². The lowest BCUT2D eigenvalue weighted by molar-refractivity contribution is 0.0952. The molecule has 1 aromatic carbocycles. The first-order valence-corrected chi connectivity index (χ1v) is 5.93. The number of aliphatic imine (C=N–C) groups is 1. The number of guanidine groups is 1. The Morgan fingerprint density at radius 1 is 1.30 bits per heavy atom. The standard InChI is InChI=1S/C12H18N4O4/c1-6(16-12(13)14)2-3-15-11(20)7-4-8(17)10(19)9(18)5-7/h4-6,17-19H,2-3H2,1H3,(H,15,20)(H4,13,14,16). The molecule has 1 aromatic rings. The van der Waals surface area contributed by atoms with E-state index in [1.807, 2.05) is 0 Å². The number of carbonyl (C=O) groups is 1. The maximum atomic E-state index is 11.8. The van der Waals surface area contributed by atoms with Gasteiger partial charge in [0.1, 0.15) is 0 Å². The largest absolute Gasteiger partial charge is 0.504 e. The van der Waals surface area contributed by atoms with Crippen molar-refractivity contribution in [3.05, 3.63) is 17.7 Å². The van der Waals surface area contributed by atoms with Crippen molar-refractivity contribution in [2.45, 2.75) is 19.4 Å². The average molecular weight is 282 g/mol. The van der Waals surface area contributed by atoms with Crippen LogP contribution in [0.15, 0.2) is 17.1 Å². The molecular formula is C12H18N4O4. The smallest absolute Gasteiger partial charge is 0.251 e. The SMILES string of the molecule is CC(CCNC(=O)c1cc(O)c(O)c(O)c1)N=C(N)N. The molecule has 0 saturated heterocycles. The number of amides is 1. The third-order valence-electron chi connectivity index (χ3n) is 2.55. The van der Waals surface area contributed by atoms with Crippen molar-refractivity contribution in [2.24, 2.45) is 16.5 Å². The lowest BCUT2D eigenvalue weighted by Gasteiger charge is -2.09. The van der Waals surface area contributed by atoms with Gasteiger partial charge in [-0.25, -0.2) is 0 Å². The molecule has 1 unspecified atom stereocenters. The molecular weight excluding hydrogens is 264 g/mol. The number of hydrogen-bond donors (Lipinski definition) is 6. The van der Waals surface area contributed by atoms with Crippen LogP contribution in [0.2, 0.25) is 0 Å². The van der Waals surface area contributed by atoms with Crippen LogP contribution in [0.25, 0.3) is 0 Å². The molecule has 1 amide bonds. The number of nitrogens with zero attached hydrogens (tertiary/aromatic N) is 1. The molecule has 0 aromatic heterocycles. The zero-order valence-corrected chi connectivity index (χ0v) is 11.0. The van der Waals surface area contributed by atoms with Crippen LogP contribution in [0.4, 0.5) is 0 Å². The normalized spacial score (nSPS) is 11.7. The second kappa shape index (κ2) is 6.50. The van der Waals surface area contributed by atoms with Gasteiger partial charge in [-0.3, -0.25) is 9.79 Å². The number of carbonyl (C=O) groups excluding carboxylic acids is 1. The minimum atomic E-state index is -0.664. The molecule has 1 rings (SSSR count). The van der Waals surface area contributed by atoms with E-state index in [4.69, 9.17) is 11.5 Å². The van der Waals surface area contributed by atoms with Gasteiger partial charge in [-0.15, -0.1) is 0 Å². The van der Waals surface area contributed by atoms with Crippen molar-refractivity contribution in [1.29, 1.82) is 0 Å². The van der Waals surface area contributed by atoms with Gasteiger partial charge in [-0.2, -0.15) is 0 Å². The molecule has 0 heterocycles. The molecule has 0 saturated carbocycles. The fourth-order valence-corrected chi connectivity index (χ4v) is 1.55. The minimum absolute atomic E-state index is 0.0165. The van der Waals surface area contributed by atoms with Crippen LogP contribution < -0.4 is 16.8 Å². The zero-order valence-electron chi connectivity index (χ0n) is 11.0. The van der Waals surface area contributed by atoms with Crippen LogP contribution in [0, 0.1) is 0 Å². The average Bonchev–Trinajstić information content (AvgIpc) is 2.34. The van der Waals surface area contributed by atoms with E-state index < -0.39 is 23.2 Å². The molecule has 0 aliphatic carbocycles. The van der Waals surface area contributed by atoms with E-state index >= 15 is 0 Å². The van der Waals surface area contributed by atoms with Crippen molar-refractivity contribution in [3.63, 3.8) is 0 Å². The molecule has 0 spiro atoms. The van der Waals surface area contributed by atoms with Gasteiger partial charge in [-0.1, -0.05) is 0 Å². The maximum absolute atomic E-state index is 11.8. The molecule has 0 aliphatic heterocycles. The predicted molar refractivity (Wildman–Crippen MR) is 73.7 cm³/mol. The molecule has 1 atom stereocenters. The minimum Gasteiger partial charge on any atom is -0.504 e. The van der Waals surface area contributed by atoms with E-state index in [1.165, 1.54) is 0 Å². The fraction of sp³-hybridized carbons (Fsp3) is 0.333. The highest BCUT2D eigenvalue weighted by atomic mass is 16.3. The number of phenols is 3. The molecule has 8 N–H and O–H groups in total. The summed E-state index contributed by atoms with van der Waals surface area (Å²) < 4.78 is 0. The number of aromatic hydroxyl groups is 3. The second-order valence-corrected chi connectivity index (χ2v) is 4.31. The Balaban J connectivity index is 2.58. The van der Waals surface area contributed by atoms with Crippen molar-refractivity contribution >= 4 is 11.9 Å². The first kappa shape index (κ1) is 15.4. The Hall–Kier alpha value is -2.64. The molecule has 20 heavy (non-hydrogen) atoms. The quantitative estimate of drug-likeness (QED) is 0.245. The number of benzene rings is 1. The van der Waals surface area contributed by atoms with Crippen molar-refractivity contribution in [1.82, 2.24) is 5.32 Å². The summed E-state index contributed by atoms with van der Waals surface area (Å²) in [6.07, 6.45) is 0.527. The molecule has 8 nitrogen and oxygen atoms in total. The number of rotatable bonds is 5. The molecule has 0 radical (unpaired) electrons. The second-order valence-electron chi connectivity index (χ2n) is 4.31. The van der Waals surface area contributed by atoms with Crippen LogP contribution in [0.1, 0.15) is 23.7 Å². The van der Waals surface area contributed by atoms with Gasteiger partial charge in [0.15, 0.2) is 23.2 Å². The van der Waals surface area contributed by atoms with Gasteiger partial charge in [-0.05, 0) is 25.5 Å². The number of phenolic OH excluding ortho intramolecular Hbond substituents is 3. The van der Waals surface area contributed by atoms with Gasteiger partial charge in [0.2, 0.25) is 0 Å². The Bertz CT molecular complexity index is 503. The summed E-state index contributed by atoms with van der Waals surface area (Å²) in [6.45, 7) is 2.11. The van der Waals surface area contributed by atoms with Crippen molar-refractivity contribution < 1.29 is 20.1 Å². The first-order valence-electron chi connectivity index (χ1n) is 5.93. The molecule has 0 aliphatic rings. The zero-order chi connectivity index (χ0) is 15.3. The monoisotopic (exact) mass is 282 g/mol. The Morgan fingerprint density at radius 2 is 1.85 bits per heavy atom. The van der Waals surface area contributed by atoms with E-state index in [2.05, 4.69) is 10.3 Å². The van der Waals surface area contributed by atoms with E-state index in [9.17, 15) is 20.1 Å². The van der Waals surface area contributed by atoms with E-state index in [0.29, 0.717) is 13.0 Å². The Kier molecular flexibility index (Phi) is 5.01. The summed E-state index contributed by atoms with van der Waals surface area (Å²) in [5.41, 5.74) is 10.5. The van der Waals surface area contributed by atoms with Crippen LogP contribution >= 0.6 is 0 Å². The van der Waals surface area contributed by atoms with Gasteiger partial charge in [0.05, 0.1) is 6.04 Å². The van der Waals surface area contributed by atoms with Crippen molar-refractivity contribution in [3.8, 4) is 17.2 Å². The van der Waals surface area contributed by atoms with Gasteiger partial charge in [0, 0.05) is 12.1 Å². The molecule has 0 fully saturated rings. The number of hydrogen-bond acceptors (Lipinski definition) is 5. The van der Waals surface area contributed by atoms with Gasteiger partial charge >= 0.3 is 0 Å². The van der Waals surface area contributed by atoms with Gasteiger partial charge < -0.3 is 32.1 Å². The highest BCUT2D eigenvalue weighted by molar-refractivity contribution is 5.95. The van der Waals surface area contributed by atoms with Gasteiger partial charge in [0.25, 0.3) is 5.91 Å². The maximum Gasteiger partial charge on any atom is 0.251 e. The van der Waals surface area contributed by atoms with Crippen LogP contribution in [-0.2, 0) is 0 Å². The van der Waals surface area contributed by atoms with E-state index in [0.717, 1.165) is 12.1 Å². The Labute approximate surface area is 115 Å². The predicted octanol–water partition coefficient (Wildman–Crippen LogP) is -0.415. The summed E-state index contributed by atoms with van der Waals surface area (Å²) in [5.74, 6) is -2.30. The summed E-state index contributed by atoms with van der Waals surface area (Å²) in [5, 5.41) is 30.4. The number of nitrogens with two attached hydrogens (primary N) is 2. The summed E-state index contributed by atoms with van der Waals surface area (Å²) >= 11 is 0. The number of nitrogens with one attached hydrogen (secondary N) is 1.